The van der Waals surface area contributed by atoms with Gasteiger partial charge in [0.2, 0.25) is 0 Å². The molecule has 0 aromatic heterocycles. The molecule has 1 saturated carbocycles. The highest BCUT2D eigenvalue weighted by Crippen LogP contribution is 2.38. The van der Waals surface area contributed by atoms with Gasteiger partial charge in [-0.05, 0) is 57.1 Å². The van der Waals surface area contributed by atoms with E-state index in [1.807, 2.05) is 38.1 Å². The van der Waals surface area contributed by atoms with Crippen LogP contribution in [0.4, 0.5) is 4.79 Å². The summed E-state index contributed by atoms with van der Waals surface area (Å²) in [5.74, 6) is 1.59. The van der Waals surface area contributed by atoms with Crippen molar-refractivity contribution in [3.05, 3.63) is 29.8 Å². The van der Waals surface area contributed by atoms with Crippen LogP contribution < -0.4 is 15.4 Å². The van der Waals surface area contributed by atoms with Crippen LogP contribution in [-0.2, 0) is 4.74 Å². The van der Waals surface area contributed by atoms with Crippen molar-refractivity contribution < 1.29 is 14.3 Å². The van der Waals surface area contributed by atoms with Crippen molar-refractivity contribution in [3.63, 3.8) is 0 Å². The zero-order valence-corrected chi connectivity index (χ0v) is 14.6. The third kappa shape index (κ3) is 4.87. The molecule has 1 aromatic carbocycles. The minimum absolute atomic E-state index is 0.0522. The van der Waals surface area contributed by atoms with Crippen LogP contribution in [0.15, 0.2) is 24.3 Å². The van der Waals surface area contributed by atoms with Crippen LogP contribution in [0.2, 0.25) is 0 Å². The molecule has 24 heavy (non-hydrogen) atoms. The maximum Gasteiger partial charge on any atom is 0.315 e. The van der Waals surface area contributed by atoms with Gasteiger partial charge in [0.05, 0.1) is 12.1 Å². The molecule has 1 heterocycles. The van der Waals surface area contributed by atoms with Crippen molar-refractivity contribution >= 4 is 6.03 Å². The van der Waals surface area contributed by atoms with Crippen LogP contribution in [0.1, 0.15) is 38.2 Å². The Hall–Kier alpha value is -1.75. The first-order valence-corrected chi connectivity index (χ1v) is 8.99. The van der Waals surface area contributed by atoms with E-state index in [0.29, 0.717) is 12.7 Å². The lowest BCUT2D eigenvalue weighted by Gasteiger charge is -2.30. The zero-order chi connectivity index (χ0) is 16.9. The molecule has 3 rings (SSSR count). The van der Waals surface area contributed by atoms with E-state index in [0.717, 1.165) is 36.7 Å². The van der Waals surface area contributed by atoms with E-state index in [2.05, 4.69) is 10.6 Å². The number of aryl methyl sites for hydroxylation is 1. The zero-order valence-electron chi connectivity index (χ0n) is 14.6. The second kappa shape index (κ2) is 7.88. The fraction of sp³-hybridized carbons (Fsp3) is 0.632. The van der Waals surface area contributed by atoms with Crippen LogP contribution >= 0.6 is 0 Å². The molecule has 0 bridgehead atoms. The Morgan fingerprint density at radius 1 is 1.33 bits per heavy atom. The van der Waals surface area contributed by atoms with Gasteiger partial charge in [0.15, 0.2) is 0 Å². The quantitative estimate of drug-likeness (QED) is 0.842. The number of rotatable bonds is 6. The van der Waals surface area contributed by atoms with E-state index in [4.69, 9.17) is 9.47 Å². The Bertz CT molecular complexity index is 559. The second-order valence-electron chi connectivity index (χ2n) is 7.06. The topological polar surface area (TPSA) is 59.6 Å². The summed E-state index contributed by atoms with van der Waals surface area (Å²) >= 11 is 0. The number of hydrogen-bond donors (Lipinski definition) is 2. The highest BCUT2D eigenvalue weighted by Gasteiger charge is 2.36. The molecular formula is C19H28N2O3. The van der Waals surface area contributed by atoms with E-state index in [1.54, 1.807) is 0 Å². The lowest BCUT2D eigenvalue weighted by molar-refractivity contribution is -0.00919. The fourth-order valence-corrected chi connectivity index (χ4v) is 3.18. The molecule has 1 aromatic rings. The number of benzene rings is 1. The summed E-state index contributed by atoms with van der Waals surface area (Å²) < 4.78 is 11.6. The van der Waals surface area contributed by atoms with Gasteiger partial charge in [-0.15, -0.1) is 0 Å². The Morgan fingerprint density at radius 2 is 2.12 bits per heavy atom. The Kier molecular flexibility index (Phi) is 5.61. The molecule has 5 heteroatoms. The van der Waals surface area contributed by atoms with Gasteiger partial charge in [0.1, 0.15) is 12.4 Å². The lowest BCUT2D eigenvalue weighted by atomic mass is 10.0. The van der Waals surface area contributed by atoms with Crippen molar-refractivity contribution in [2.24, 2.45) is 5.92 Å². The van der Waals surface area contributed by atoms with Gasteiger partial charge in [-0.2, -0.15) is 0 Å². The van der Waals surface area contributed by atoms with E-state index in [-0.39, 0.29) is 18.1 Å². The first kappa shape index (κ1) is 17.1. The summed E-state index contributed by atoms with van der Waals surface area (Å²) in [6, 6.07) is 7.95. The molecular weight excluding hydrogens is 304 g/mol. The molecule has 2 aliphatic rings. The average Bonchev–Trinajstić information content (AvgIpc) is 3.39. The van der Waals surface area contributed by atoms with E-state index >= 15 is 0 Å². The smallest absolute Gasteiger partial charge is 0.315 e. The Labute approximate surface area is 144 Å². The molecule has 1 aliphatic carbocycles. The molecule has 0 radical (unpaired) electrons. The van der Waals surface area contributed by atoms with Gasteiger partial charge in [0, 0.05) is 12.6 Å². The minimum Gasteiger partial charge on any atom is -0.491 e. The van der Waals surface area contributed by atoms with Gasteiger partial charge in [0.25, 0.3) is 0 Å². The second-order valence-corrected chi connectivity index (χ2v) is 7.06. The molecule has 5 nitrogen and oxygen atoms in total. The molecule has 2 amide bonds. The molecule has 2 N–H and O–H groups in total. The number of para-hydroxylation sites is 1. The number of ether oxygens (including phenoxy) is 2. The molecule has 132 valence electrons. The van der Waals surface area contributed by atoms with Crippen LogP contribution in [0.3, 0.4) is 0 Å². The average molecular weight is 332 g/mol. The predicted molar refractivity (Wildman–Crippen MR) is 93.3 cm³/mol. The lowest BCUT2D eigenvalue weighted by Crippen LogP contribution is -2.49. The van der Waals surface area contributed by atoms with Crippen molar-refractivity contribution in [3.8, 4) is 5.75 Å². The SMILES string of the molecule is Cc1ccccc1OC[C@H](C)NC(=O)N[C@@H]1CCO[C@@H](C2CC2)C1. The summed E-state index contributed by atoms with van der Waals surface area (Å²) in [7, 11) is 0. The highest BCUT2D eigenvalue weighted by atomic mass is 16.5. The van der Waals surface area contributed by atoms with Crippen LogP contribution in [-0.4, -0.2) is 37.4 Å². The number of amides is 2. The largest absolute Gasteiger partial charge is 0.491 e. The van der Waals surface area contributed by atoms with E-state index in [9.17, 15) is 4.79 Å². The summed E-state index contributed by atoms with van der Waals surface area (Å²) in [5.41, 5.74) is 1.10. The highest BCUT2D eigenvalue weighted by molar-refractivity contribution is 5.74. The molecule has 3 atom stereocenters. The third-order valence-corrected chi connectivity index (χ3v) is 4.76. The van der Waals surface area contributed by atoms with Crippen LogP contribution in [0.5, 0.6) is 5.75 Å². The maximum absolute atomic E-state index is 12.2. The number of hydrogen-bond acceptors (Lipinski definition) is 3. The molecule has 1 aliphatic heterocycles. The number of carbonyl (C=O) groups is 1. The normalized spacial score (nSPS) is 24.9. The number of urea groups is 1. The van der Waals surface area contributed by atoms with E-state index in [1.165, 1.54) is 12.8 Å². The monoisotopic (exact) mass is 332 g/mol. The van der Waals surface area contributed by atoms with Crippen LogP contribution in [0, 0.1) is 12.8 Å². The number of nitrogens with one attached hydrogen (secondary N) is 2. The van der Waals surface area contributed by atoms with Gasteiger partial charge >= 0.3 is 6.03 Å². The van der Waals surface area contributed by atoms with Crippen LogP contribution in [0.25, 0.3) is 0 Å². The maximum atomic E-state index is 12.2. The molecule has 1 saturated heterocycles. The van der Waals surface area contributed by atoms with Crippen molar-refractivity contribution in [2.75, 3.05) is 13.2 Å². The van der Waals surface area contributed by atoms with Gasteiger partial charge in [-0.1, -0.05) is 18.2 Å². The van der Waals surface area contributed by atoms with Crippen molar-refractivity contribution in [1.82, 2.24) is 10.6 Å². The van der Waals surface area contributed by atoms with Crippen molar-refractivity contribution in [2.45, 2.75) is 57.7 Å². The molecule has 0 spiro atoms. The minimum atomic E-state index is -0.114. The van der Waals surface area contributed by atoms with Gasteiger partial charge in [-0.3, -0.25) is 0 Å². The Morgan fingerprint density at radius 3 is 2.88 bits per heavy atom. The first-order chi connectivity index (χ1) is 11.6. The summed E-state index contributed by atoms with van der Waals surface area (Å²) in [6.45, 7) is 5.17. The summed E-state index contributed by atoms with van der Waals surface area (Å²) in [6.07, 6.45) is 4.72. The van der Waals surface area contributed by atoms with Gasteiger partial charge < -0.3 is 20.1 Å². The Balaban J connectivity index is 1.38. The number of carbonyl (C=O) groups excluding carboxylic acids is 1. The molecule has 2 fully saturated rings. The van der Waals surface area contributed by atoms with Gasteiger partial charge in [-0.25, -0.2) is 4.79 Å². The van der Waals surface area contributed by atoms with E-state index < -0.39 is 0 Å². The summed E-state index contributed by atoms with van der Waals surface area (Å²) in [4.78, 5) is 12.2. The third-order valence-electron chi connectivity index (χ3n) is 4.76. The van der Waals surface area contributed by atoms with Crippen molar-refractivity contribution in [1.29, 1.82) is 0 Å². The summed E-state index contributed by atoms with van der Waals surface area (Å²) in [5, 5.41) is 6.05. The first-order valence-electron chi connectivity index (χ1n) is 8.99. The molecule has 0 unspecified atom stereocenters. The fourth-order valence-electron chi connectivity index (χ4n) is 3.18. The predicted octanol–water partition coefficient (Wildman–Crippen LogP) is 3.02. The standard InChI is InChI=1S/C19H28N2O3/c1-13-5-3-4-6-17(13)24-12-14(2)20-19(22)21-16-9-10-23-18(11-16)15-7-8-15/h3-6,14-16,18H,7-12H2,1-2H3,(H2,20,21,22)/t14-,16+,18+/m0/s1.